The SMILES string of the molecule is COc1ccc(NC(=O)c2cncc(C(=O)Oc3cccc(C(C)C)c3)c2)cc1NC(=O)c1ccc(-c2ccc(O)cc2)cc1. The van der Waals surface area contributed by atoms with Gasteiger partial charge in [0.05, 0.1) is 23.9 Å². The van der Waals surface area contributed by atoms with Gasteiger partial charge in [-0.2, -0.15) is 0 Å². The Morgan fingerprint density at radius 1 is 0.733 bits per heavy atom. The summed E-state index contributed by atoms with van der Waals surface area (Å²) < 4.78 is 10.9. The van der Waals surface area contributed by atoms with Gasteiger partial charge >= 0.3 is 5.97 Å². The second-order valence-corrected chi connectivity index (χ2v) is 10.5. The third-order valence-electron chi connectivity index (χ3n) is 7.02. The molecule has 0 aliphatic heterocycles. The zero-order chi connectivity index (χ0) is 31.9. The van der Waals surface area contributed by atoms with Crippen LogP contribution in [0.4, 0.5) is 11.4 Å². The fraction of sp³-hybridized carbons (Fsp3) is 0.111. The van der Waals surface area contributed by atoms with Crippen LogP contribution in [0.2, 0.25) is 0 Å². The molecule has 1 heterocycles. The van der Waals surface area contributed by atoms with Crippen molar-refractivity contribution in [2.24, 2.45) is 0 Å². The number of rotatable bonds is 9. The van der Waals surface area contributed by atoms with Crippen molar-refractivity contribution in [3.8, 4) is 28.4 Å². The van der Waals surface area contributed by atoms with Crippen molar-refractivity contribution in [2.75, 3.05) is 17.7 Å². The summed E-state index contributed by atoms with van der Waals surface area (Å²) in [6.45, 7) is 4.10. The molecular weight excluding hydrogens is 570 g/mol. The van der Waals surface area contributed by atoms with Crippen LogP contribution < -0.4 is 20.1 Å². The van der Waals surface area contributed by atoms with E-state index in [0.717, 1.165) is 16.7 Å². The Morgan fingerprint density at radius 3 is 2.09 bits per heavy atom. The lowest BCUT2D eigenvalue weighted by Crippen LogP contribution is -2.16. The Hall–Kier alpha value is -5.96. The molecule has 4 aromatic carbocycles. The number of esters is 1. The smallest absolute Gasteiger partial charge is 0.345 e. The van der Waals surface area contributed by atoms with Gasteiger partial charge in [0.15, 0.2) is 0 Å². The summed E-state index contributed by atoms with van der Waals surface area (Å²) in [5.41, 5.74) is 4.25. The van der Waals surface area contributed by atoms with Gasteiger partial charge in [0, 0.05) is 23.6 Å². The summed E-state index contributed by atoms with van der Waals surface area (Å²) in [4.78, 5) is 43.0. The van der Waals surface area contributed by atoms with E-state index in [1.54, 1.807) is 66.7 Å². The predicted octanol–water partition coefficient (Wildman–Crippen LogP) is 7.31. The van der Waals surface area contributed by atoms with Crippen molar-refractivity contribution in [3.63, 3.8) is 0 Å². The Bertz CT molecular complexity index is 1850. The monoisotopic (exact) mass is 601 g/mol. The van der Waals surface area contributed by atoms with Crippen LogP contribution in [0, 0.1) is 0 Å². The van der Waals surface area contributed by atoms with E-state index in [-0.39, 0.29) is 28.7 Å². The molecule has 0 aliphatic rings. The summed E-state index contributed by atoms with van der Waals surface area (Å²) in [6, 6.07) is 27.3. The third-order valence-corrected chi connectivity index (χ3v) is 7.02. The Balaban J connectivity index is 1.27. The predicted molar refractivity (Wildman–Crippen MR) is 172 cm³/mol. The number of nitrogens with zero attached hydrogens (tertiary/aromatic N) is 1. The fourth-order valence-electron chi connectivity index (χ4n) is 4.53. The number of anilines is 2. The molecule has 3 N–H and O–H groups in total. The lowest BCUT2D eigenvalue weighted by atomic mass is 10.0. The second kappa shape index (κ2) is 13.6. The highest BCUT2D eigenvalue weighted by Crippen LogP contribution is 2.29. The lowest BCUT2D eigenvalue weighted by molar-refractivity contribution is 0.0734. The van der Waals surface area contributed by atoms with Gasteiger partial charge in [0.1, 0.15) is 17.2 Å². The first-order chi connectivity index (χ1) is 21.7. The average Bonchev–Trinajstić information content (AvgIpc) is 3.05. The number of aromatic nitrogens is 1. The molecule has 0 fully saturated rings. The van der Waals surface area contributed by atoms with Gasteiger partial charge in [-0.3, -0.25) is 14.6 Å². The summed E-state index contributed by atoms with van der Waals surface area (Å²) in [5.74, 6) is -0.264. The molecule has 0 saturated carbocycles. The van der Waals surface area contributed by atoms with E-state index >= 15 is 0 Å². The largest absolute Gasteiger partial charge is 0.508 e. The first-order valence-corrected chi connectivity index (χ1v) is 14.2. The topological polar surface area (TPSA) is 127 Å². The van der Waals surface area contributed by atoms with Crippen molar-refractivity contribution in [1.29, 1.82) is 0 Å². The molecule has 1 aromatic heterocycles. The van der Waals surface area contributed by atoms with Gasteiger partial charge in [0.2, 0.25) is 0 Å². The maximum Gasteiger partial charge on any atom is 0.345 e. The molecule has 9 heteroatoms. The highest BCUT2D eigenvalue weighted by molar-refractivity contribution is 6.07. The number of hydrogen-bond donors (Lipinski definition) is 3. The number of pyridine rings is 1. The van der Waals surface area contributed by atoms with Gasteiger partial charge in [0.25, 0.3) is 11.8 Å². The number of benzene rings is 4. The van der Waals surface area contributed by atoms with E-state index in [0.29, 0.717) is 28.4 Å². The summed E-state index contributed by atoms with van der Waals surface area (Å²) >= 11 is 0. The van der Waals surface area contributed by atoms with E-state index in [4.69, 9.17) is 9.47 Å². The minimum atomic E-state index is -0.636. The van der Waals surface area contributed by atoms with Crippen molar-refractivity contribution < 1.29 is 29.0 Å². The van der Waals surface area contributed by atoms with E-state index in [2.05, 4.69) is 15.6 Å². The van der Waals surface area contributed by atoms with Gasteiger partial charge in [-0.05, 0) is 83.3 Å². The highest BCUT2D eigenvalue weighted by Gasteiger charge is 2.16. The molecule has 0 saturated heterocycles. The van der Waals surface area contributed by atoms with E-state index in [9.17, 15) is 19.5 Å². The third kappa shape index (κ3) is 7.52. The summed E-state index contributed by atoms with van der Waals surface area (Å²) in [6.07, 6.45) is 2.68. The van der Waals surface area contributed by atoms with Crippen LogP contribution in [0.3, 0.4) is 0 Å². The van der Waals surface area contributed by atoms with E-state index in [1.165, 1.54) is 25.6 Å². The maximum atomic E-state index is 13.1. The van der Waals surface area contributed by atoms with Crippen LogP contribution >= 0.6 is 0 Å². The molecule has 5 rings (SSSR count). The van der Waals surface area contributed by atoms with Crippen molar-refractivity contribution in [3.05, 3.63) is 132 Å². The number of methoxy groups -OCH3 is 1. The number of carbonyl (C=O) groups excluding carboxylic acids is 3. The molecule has 5 aromatic rings. The molecule has 0 unspecified atom stereocenters. The fourth-order valence-corrected chi connectivity index (χ4v) is 4.53. The zero-order valence-electron chi connectivity index (χ0n) is 24.9. The number of aromatic hydroxyl groups is 1. The average molecular weight is 602 g/mol. The quantitative estimate of drug-likeness (QED) is 0.119. The van der Waals surface area contributed by atoms with E-state index in [1.807, 2.05) is 38.1 Å². The molecule has 2 amide bonds. The number of phenols is 1. The lowest BCUT2D eigenvalue weighted by Gasteiger charge is -2.13. The van der Waals surface area contributed by atoms with Crippen molar-refractivity contribution in [1.82, 2.24) is 4.98 Å². The number of carbonyl (C=O) groups is 3. The van der Waals surface area contributed by atoms with Gasteiger partial charge in [-0.15, -0.1) is 0 Å². The molecule has 0 aliphatic carbocycles. The summed E-state index contributed by atoms with van der Waals surface area (Å²) in [5, 5.41) is 15.1. The number of phenolic OH excluding ortho intramolecular Hbond substituents is 1. The maximum absolute atomic E-state index is 13.1. The van der Waals surface area contributed by atoms with Crippen molar-refractivity contribution >= 4 is 29.2 Å². The first-order valence-electron chi connectivity index (χ1n) is 14.2. The number of ether oxygens (including phenoxy) is 2. The second-order valence-electron chi connectivity index (χ2n) is 10.5. The molecule has 0 atom stereocenters. The van der Waals surface area contributed by atoms with E-state index < -0.39 is 11.9 Å². The minimum absolute atomic E-state index is 0.122. The number of amides is 2. The first kappa shape index (κ1) is 30.5. The number of nitrogens with one attached hydrogen (secondary N) is 2. The Morgan fingerprint density at radius 2 is 1.40 bits per heavy atom. The summed E-state index contributed by atoms with van der Waals surface area (Å²) in [7, 11) is 1.48. The van der Waals surface area contributed by atoms with Gasteiger partial charge in [-0.25, -0.2) is 4.79 Å². The van der Waals surface area contributed by atoms with Crippen LogP contribution in [-0.2, 0) is 0 Å². The van der Waals surface area contributed by atoms with Crippen LogP contribution in [0.25, 0.3) is 11.1 Å². The molecule has 226 valence electrons. The Kier molecular flexibility index (Phi) is 9.19. The van der Waals surface area contributed by atoms with Crippen LogP contribution in [0.15, 0.2) is 109 Å². The van der Waals surface area contributed by atoms with Crippen molar-refractivity contribution in [2.45, 2.75) is 19.8 Å². The molecule has 45 heavy (non-hydrogen) atoms. The molecule has 0 radical (unpaired) electrons. The molecule has 0 bridgehead atoms. The Labute approximate surface area is 260 Å². The highest BCUT2D eigenvalue weighted by atomic mass is 16.5. The standard InChI is InChI=1S/C36H31N3O6/c1-22(2)26-5-4-6-31(18-26)45-36(43)28-17-27(20-37-21-28)35(42)38-29-13-16-33(44-3)32(19-29)39-34(41)25-9-7-23(8-10-25)24-11-14-30(40)15-12-24/h4-22,40H,1-3H3,(H,38,42)(H,39,41). The zero-order valence-corrected chi connectivity index (χ0v) is 24.9. The minimum Gasteiger partial charge on any atom is -0.508 e. The molecular formula is C36H31N3O6. The normalized spacial score (nSPS) is 10.7. The van der Waals surface area contributed by atoms with Gasteiger partial charge in [-0.1, -0.05) is 50.2 Å². The van der Waals surface area contributed by atoms with Crippen LogP contribution in [0.1, 0.15) is 56.4 Å². The van der Waals surface area contributed by atoms with Crippen LogP contribution in [-0.4, -0.2) is 35.0 Å². The van der Waals surface area contributed by atoms with Gasteiger partial charge < -0.3 is 25.2 Å². The molecule has 9 nitrogen and oxygen atoms in total. The molecule has 0 spiro atoms. The van der Waals surface area contributed by atoms with Crippen LogP contribution in [0.5, 0.6) is 17.2 Å². The number of hydrogen-bond acceptors (Lipinski definition) is 7.